The number of aromatic nitrogens is 2. The minimum atomic E-state index is 0.424. The summed E-state index contributed by atoms with van der Waals surface area (Å²) >= 11 is 6.65. The van der Waals surface area contributed by atoms with Gasteiger partial charge in [0.15, 0.2) is 16.3 Å². The molecule has 0 spiro atoms. The number of hydrogen-bond acceptors (Lipinski definition) is 5. The highest BCUT2D eigenvalue weighted by atomic mass is 79.9. The van der Waals surface area contributed by atoms with E-state index in [4.69, 9.17) is 9.15 Å². The molecule has 0 aliphatic heterocycles. The van der Waals surface area contributed by atoms with Gasteiger partial charge >= 0.3 is 0 Å². The number of anilines is 1. The van der Waals surface area contributed by atoms with E-state index in [1.54, 1.807) is 14.2 Å². The van der Waals surface area contributed by atoms with Crippen LogP contribution in [0.2, 0.25) is 0 Å². The lowest BCUT2D eigenvalue weighted by Gasteiger charge is -2.05. The van der Waals surface area contributed by atoms with Crippen molar-refractivity contribution in [2.75, 3.05) is 19.5 Å². The Kier molecular flexibility index (Phi) is 4.36. The number of rotatable bonds is 4. The number of nitrogens with one attached hydrogen (secondary N) is 1. The van der Waals surface area contributed by atoms with E-state index in [1.807, 2.05) is 12.1 Å². The summed E-state index contributed by atoms with van der Waals surface area (Å²) in [4.78, 5) is 8.73. The zero-order chi connectivity index (χ0) is 13.1. The summed E-state index contributed by atoms with van der Waals surface area (Å²) in [5.74, 6) is 1.82. The van der Waals surface area contributed by atoms with Crippen LogP contribution in [0.25, 0.3) is 11.6 Å². The Morgan fingerprint density at radius 3 is 2.67 bits per heavy atom. The SMILES string of the molecule is CNc1cc(COC)nc(-c2cc(Br)c(Br)o2)n1. The first kappa shape index (κ1) is 13.5. The molecular formula is C11H11Br2N3O2. The second kappa shape index (κ2) is 5.81. The largest absolute Gasteiger partial charge is 0.445 e. The maximum atomic E-state index is 5.51. The number of ether oxygens (including phenoxy) is 1. The van der Waals surface area contributed by atoms with Crippen molar-refractivity contribution in [1.29, 1.82) is 0 Å². The number of halogens is 2. The molecule has 0 radical (unpaired) electrons. The molecule has 0 aliphatic rings. The lowest BCUT2D eigenvalue weighted by atomic mass is 10.3. The Balaban J connectivity index is 2.45. The zero-order valence-corrected chi connectivity index (χ0v) is 13.0. The Morgan fingerprint density at radius 1 is 1.33 bits per heavy atom. The molecule has 0 saturated carbocycles. The van der Waals surface area contributed by atoms with Crippen molar-refractivity contribution in [1.82, 2.24) is 9.97 Å². The van der Waals surface area contributed by atoms with Crippen molar-refractivity contribution < 1.29 is 9.15 Å². The average molecular weight is 377 g/mol. The fourth-order valence-electron chi connectivity index (χ4n) is 1.41. The van der Waals surface area contributed by atoms with Crippen LogP contribution < -0.4 is 5.32 Å². The fraction of sp³-hybridized carbons (Fsp3) is 0.273. The van der Waals surface area contributed by atoms with Gasteiger partial charge in [0.2, 0.25) is 0 Å². The van der Waals surface area contributed by atoms with Gasteiger partial charge in [-0.1, -0.05) is 0 Å². The van der Waals surface area contributed by atoms with Crippen LogP contribution >= 0.6 is 31.9 Å². The molecule has 18 heavy (non-hydrogen) atoms. The van der Waals surface area contributed by atoms with Gasteiger partial charge in [0.25, 0.3) is 0 Å². The maximum Gasteiger partial charge on any atom is 0.198 e. The number of methoxy groups -OCH3 is 1. The maximum absolute atomic E-state index is 5.51. The number of nitrogens with zero attached hydrogens (tertiary/aromatic N) is 2. The topological polar surface area (TPSA) is 60.2 Å². The molecule has 1 N–H and O–H groups in total. The first-order valence-electron chi connectivity index (χ1n) is 5.14. The van der Waals surface area contributed by atoms with E-state index in [1.165, 1.54) is 0 Å². The quantitative estimate of drug-likeness (QED) is 0.885. The van der Waals surface area contributed by atoms with Crippen LogP contribution in [-0.2, 0) is 11.3 Å². The minimum Gasteiger partial charge on any atom is -0.445 e. The van der Waals surface area contributed by atoms with Gasteiger partial charge in [-0.05, 0) is 31.9 Å². The van der Waals surface area contributed by atoms with Crippen molar-refractivity contribution in [3.63, 3.8) is 0 Å². The highest BCUT2D eigenvalue weighted by molar-refractivity contribution is 9.13. The fourth-order valence-corrected chi connectivity index (χ4v) is 1.99. The van der Waals surface area contributed by atoms with E-state index in [2.05, 4.69) is 47.1 Å². The van der Waals surface area contributed by atoms with Gasteiger partial charge in [-0.25, -0.2) is 9.97 Å². The normalized spacial score (nSPS) is 10.7. The molecule has 2 heterocycles. The summed E-state index contributed by atoms with van der Waals surface area (Å²) in [6, 6.07) is 3.65. The average Bonchev–Trinajstić information content (AvgIpc) is 2.70. The Morgan fingerprint density at radius 2 is 2.11 bits per heavy atom. The number of hydrogen-bond donors (Lipinski definition) is 1. The Bertz CT molecular complexity index is 538. The van der Waals surface area contributed by atoms with Gasteiger partial charge < -0.3 is 14.5 Å². The van der Waals surface area contributed by atoms with Gasteiger partial charge in [0.1, 0.15) is 5.82 Å². The van der Waals surface area contributed by atoms with E-state index >= 15 is 0 Å². The molecule has 0 amide bonds. The monoisotopic (exact) mass is 375 g/mol. The molecule has 5 nitrogen and oxygen atoms in total. The molecule has 2 rings (SSSR count). The molecule has 0 fully saturated rings. The summed E-state index contributed by atoms with van der Waals surface area (Å²) in [6.07, 6.45) is 0. The number of furan rings is 1. The first-order valence-corrected chi connectivity index (χ1v) is 6.72. The van der Waals surface area contributed by atoms with Crippen LogP contribution in [-0.4, -0.2) is 24.1 Å². The van der Waals surface area contributed by atoms with Gasteiger partial charge in [-0.3, -0.25) is 0 Å². The summed E-state index contributed by atoms with van der Waals surface area (Å²) in [5.41, 5.74) is 0.787. The predicted octanol–water partition coefficient (Wildman–Crippen LogP) is 3.45. The van der Waals surface area contributed by atoms with Gasteiger partial charge in [-0.2, -0.15) is 0 Å². The third-order valence-electron chi connectivity index (χ3n) is 2.19. The molecule has 2 aromatic rings. The van der Waals surface area contributed by atoms with Crippen LogP contribution in [0, 0.1) is 0 Å². The van der Waals surface area contributed by atoms with E-state index in [-0.39, 0.29) is 0 Å². The van der Waals surface area contributed by atoms with Crippen molar-refractivity contribution in [2.45, 2.75) is 6.61 Å². The highest BCUT2D eigenvalue weighted by Crippen LogP contribution is 2.31. The van der Waals surface area contributed by atoms with Crippen molar-refractivity contribution in [3.8, 4) is 11.6 Å². The molecular weight excluding hydrogens is 366 g/mol. The van der Waals surface area contributed by atoms with Crippen LogP contribution in [0.5, 0.6) is 0 Å². The van der Waals surface area contributed by atoms with Gasteiger partial charge in [0.05, 0.1) is 16.8 Å². The lowest BCUT2D eigenvalue weighted by molar-refractivity contribution is 0.181. The van der Waals surface area contributed by atoms with Crippen LogP contribution in [0.15, 0.2) is 25.7 Å². The Labute approximate surface area is 121 Å². The van der Waals surface area contributed by atoms with Crippen molar-refractivity contribution in [2.24, 2.45) is 0 Å². The highest BCUT2D eigenvalue weighted by Gasteiger charge is 2.13. The van der Waals surface area contributed by atoms with Crippen molar-refractivity contribution in [3.05, 3.63) is 27.0 Å². The summed E-state index contributed by atoms with van der Waals surface area (Å²) in [5, 5.41) is 2.99. The van der Waals surface area contributed by atoms with Crippen LogP contribution in [0.4, 0.5) is 5.82 Å². The molecule has 0 saturated heterocycles. The summed E-state index contributed by atoms with van der Waals surface area (Å²) in [6.45, 7) is 0.424. The summed E-state index contributed by atoms with van der Waals surface area (Å²) in [7, 11) is 3.43. The zero-order valence-electron chi connectivity index (χ0n) is 9.83. The van der Waals surface area contributed by atoms with Gasteiger partial charge in [0, 0.05) is 26.3 Å². The summed E-state index contributed by atoms with van der Waals surface area (Å²) < 4.78 is 12.0. The van der Waals surface area contributed by atoms with Crippen molar-refractivity contribution >= 4 is 37.7 Å². The minimum absolute atomic E-state index is 0.424. The van der Waals surface area contributed by atoms with Crippen LogP contribution in [0.1, 0.15) is 5.69 Å². The molecule has 0 aliphatic carbocycles. The molecule has 0 unspecified atom stereocenters. The Hall–Kier alpha value is -0.920. The first-order chi connectivity index (χ1) is 8.63. The standard InChI is InChI=1S/C11H11Br2N3O2/c1-14-9-3-6(5-17-2)15-11(16-9)8-4-7(12)10(13)18-8/h3-4H,5H2,1-2H3,(H,14,15,16). The third kappa shape index (κ3) is 2.90. The van der Waals surface area contributed by atoms with E-state index in [9.17, 15) is 0 Å². The molecule has 96 valence electrons. The van der Waals surface area contributed by atoms with E-state index < -0.39 is 0 Å². The molecule has 7 heteroatoms. The molecule has 0 bridgehead atoms. The molecule has 0 atom stereocenters. The second-order valence-electron chi connectivity index (χ2n) is 3.48. The van der Waals surface area contributed by atoms with E-state index in [0.29, 0.717) is 22.9 Å². The second-order valence-corrected chi connectivity index (χ2v) is 5.06. The van der Waals surface area contributed by atoms with Gasteiger partial charge in [-0.15, -0.1) is 0 Å². The smallest absolute Gasteiger partial charge is 0.198 e. The molecule has 0 aromatic carbocycles. The van der Waals surface area contributed by atoms with Crippen LogP contribution in [0.3, 0.4) is 0 Å². The predicted molar refractivity (Wildman–Crippen MR) is 75.4 cm³/mol. The van der Waals surface area contributed by atoms with E-state index in [0.717, 1.165) is 16.0 Å². The third-order valence-corrected chi connectivity index (χ3v) is 3.90. The molecule has 2 aromatic heterocycles. The lowest BCUT2D eigenvalue weighted by Crippen LogP contribution is -2.01.